The number of hydrogen-bond acceptors (Lipinski definition) is 6. The van der Waals surface area contributed by atoms with Crippen molar-refractivity contribution in [3.63, 3.8) is 0 Å². The molecule has 0 spiro atoms. The van der Waals surface area contributed by atoms with E-state index in [-0.39, 0.29) is 23.8 Å². The van der Waals surface area contributed by atoms with E-state index in [0.29, 0.717) is 26.1 Å². The Kier molecular flexibility index (Phi) is 4.94. The summed E-state index contributed by atoms with van der Waals surface area (Å²) in [7, 11) is 0. The summed E-state index contributed by atoms with van der Waals surface area (Å²) in [5.41, 5.74) is 0. The van der Waals surface area contributed by atoms with Crippen molar-refractivity contribution in [3.8, 4) is 0 Å². The summed E-state index contributed by atoms with van der Waals surface area (Å²) in [5.74, 6) is 0.529. The van der Waals surface area contributed by atoms with Gasteiger partial charge in [0, 0.05) is 32.1 Å². The number of carbonyl (C=O) groups excluding carboxylic acids is 2. The molecule has 1 atom stereocenters. The van der Waals surface area contributed by atoms with Crippen LogP contribution in [0.4, 0.5) is 5.82 Å². The fraction of sp³-hybridized carbons (Fsp3) is 0.500. The molecule has 3 heterocycles. The highest BCUT2D eigenvalue weighted by molar-refractivity contribution is 7.16. The van der Waals surface area contributed by atoms with Crippen LogP contribution in [-0.4, -0.2) is 52.4 Å². The molecule has 3 rings (SSSR count). The molecule has 2 N–H and O–H groups in total. The zero-order valence-electron chi connectivity index (χ0n) is 13.8. The van der Waals surface area contributed by atoms with Crippen LogP contribution in [-0.2, 0) is 9.59 Å². The highest BCUT2D eigenvalue weighted by Crippen LogP contribution is 2.23. The van der Waals surface area contributed by atoms with Crippen LogP contribution >= 0.6 is 11.3 Å². The van der Waals surface area contributed by atoms with Gasteiger partial charge in [-0.2, -0.15) is 0 Å². The van der Waals surface area contributed by atoms with E-state index >= 15 is 0 Å². The average Bonchev–Trinajstić information content (AvgIpc) is 3.18. The summed E-state index contributed by atoms with van der Waals surface area (Å²) in [5, 5.41) is 9.08. The highest BCUT2D eigenvalue weighted by atomic mass is 32.1. The van der Waals surface area contributed by atoms with Crippen LogP contribution in [0.5, 0.6) is 0 Å². The van der Waals surface area contributed by atoms with E-state index < -0.39 is 0 Å². The fourth-order valence-corrected chi connectivity index (χ4v) is 3.58. The number of carbonyl (C=O) groups is 2. The predicted molar refractivity (Wildman–Crippen MR) is 93.9 cm³/mol. The SMILES string of the molecule is CC(C)N1C[C@H](C(=O)NCCNc2ncnc3sccc23)CC1=O. The Morgan fingerprint density at radius 3 is 3.00 bits per heavy atom. The van der Waals surface area contributed by atoms with Gasteiger partial charge in [-0.05, 0) is 25.3 Å². The van der Waals surface area contributed by atoms with E-state index in [1.165, 1.54) is 6.33 Å². The van der Waals surface area contributed by atoms with Crippen LogP contribution in [0.15, 0.2) is 17.8 Å². The van der Waals surface area contributed by atoms with Gasteiger partial charge in [-0.1, -0.05) is 0 Å². The molecule has 7 nitrogen and oxygen atoms in total. The van der Waals surface area contributed by atoms with Crippen LogP contribution in [0.3, 0.4) is 0 Å². The summed E-state index contributed by atoms with van der Waals surface area (Å²) in [4.78, 5) is 35.2. The largest absolute Gasteiger partial charge is 0.368 e. The second kappa shape index (κ2) is 7.12. The lowest BCUT2D eigenvalue weighted by Gasteiger charge is -2.20. The van der Waals surface area contributed by atoms with Gasteiger partial charge in [0.05, 0.1) is 11.3 Å². The van der Waals surface area contributed by atoms with Crippen molar-refractivity contribution >= 4 is 39.2 Å². The molecular formula is C16H21N5O2S. The van der Waals surface area contributed by atoms with Crippen molar-refractivity contribution in [1.82, 2.24) is 20.2 Å². The maximum atomic E-state index is 12.2. The molecule has 0 radical (unpaired) electrons. The van der Waals surface area contributed by atoms with Gasteiger partial charge in [-0.25, -0.2) is 9.97 Å². The van der Waals surface area contributed by atoms with E-state index in [9.17, 15) is 9.59 Å². The fourth-order valence-electron chi connectivity index (χ4n) is 2.85. The first kappa shape index (κ1) is 16.6. The minimum atomic E-state index is -0.248. The molecule has 8 heteroatoms. The third kappa shape index (κ3) is 3.48. The highest BCUT2D eigenvalue weighted by Gasteiger charge is 2.35. The molecule has 0 saturated carbocycles. The Morgan fingerprint density at radius 1 is 1.42 bits per heavy atom. The van der Waals surface area contributed by atoms with Gasteiger partial charge in [0.1, 0.15) is 17.0 Å². The molecule has 1 aliphatic heterocycles. The summed E-state index contributed by atoms with van der Waals surface area (Å²) in [6.45, 7) is 5.50. The van der Waals surface area contributed by atoms with E-state index in [1.54, 1.807) is 16.2 Å². The minimum Gasteiger partial charge on any atom is -0.368 e. The zero-order chi connectivity index (χ0) is 17.1. The summed E-state index contributed by atoms with van der Waals surface area (Å²) in [6, 6.07) is 2.12. The molecule has 128 valence electrons. The Labute approximate surface area is 144 Å². The van der Waals surface area contributed by atoms with Gasteiger partial charge in [-0.3, -0.25) is 9.59 Å². The molecule has 0 aliphatic carbocycles. The summed E-state index contributed by atoms with van der Waals surface area (Å²) < 4.78 is 0. The quantitative estimate of drug-likeness (QED) is 0.773. The van der Waals surface area contributed by atoms with E-state index in [4.69, 9.17) is 0 Å². The van der Waals surface area contributed by atoms with Gasteiger partial charge in [0.15, 0.2) is 0 Å². The molecule has 0 bridgehead atoms. The second-order valence-electron chi connectivity index (χ2n) is 6.12. The van der Waals surface area contributed by atoms with E-state index in [2.05, 4.69) is 20.6 Å². The number of nitrogens with one attached hydrogen (secondary N) is 2. The molecule has 2 aromatic heterocycles. The van der Waals surface area contributed by atoms with Crippen LogP contribution in [0.1, 0.15) is 20.3 Å². The number of anilines is 1. The van der Waals surface area contributed by atoms with Gasteiger partial charge in [0.2, 0.25) is 11.8 Å². The number of fused-ring (bicyclic) bond motifs is 1. The number of rotatable bonds is 6. The third-order valence-corrected chi connectivity index (χ3v) is 4.95. The Balaban J connectivity index is 1.46. The minimum absolute atomic E-state index is 0.0586. The maximum absolute atomic E-state index is 12.2. The molecular weight excluding hydrogens is 326 g/mol. The third-order valence-electron chi connectivity index (χ3n) is 4.13. The maximum Gasteiger partial charge on any atom is 0.225 e. The Morgan fingerprint density at radius 2 is 2.25 bits per heavy atom. The summed E-state index contributed by atoms with van der Waals surface area (Å²) >= 11 is 1.57. The molecule has 24 heavy (non-hydrogen) atoms. The first-order valence-corrected chi connectivity index (χ1v) is 8.93. The number of thiophene rings is 1. The lowest BCUT2D eigenvalue weighted by atomic mass is 10.1. The van der Waals surface area contributed by atoms with Crippen molar-refractivity contribution < 1.29 is 9.59 Å². The molecule has 2 amide bonds. The first-order valence-electron chi connectivity index (χ1n) is 8.05. The number of nitrogens with zero attached hydrogens (tertiary/aromatic N) is 3. The van der Waals surface area contributed by atoms with Crippen LogP contribution in [0, 0.1) is 5.92 Å². The normalized spacial score (nSPS) is 17.7. The van der Waals surface area contributed by atoms with Crippen molar-refractivity contribution in [2.75, 3.05) is 25.0 Å². The van der Waals surface area contributed by atoms with Crippen LogP contribution in [0.2, 0.25) is 0 Å². The van der Waals surface area contributed by atoms with E-state index in [1.807, 2.05) is 25.3 Å². The lowest BCUT2D eigenvalue weighted by molar-refractivity contribution is -0.129. The number of amides is 2. The topological polar surface area (TPSA) is 87.2 Å². The van der Waals surface area contributed by atoms with Crippen LogP contribution in [0.25, 0.3) is 10.2 Å². The van der Waals surface area contributed by atoms with Gasteiger partial charge in [0.25, 0.3) is 0 Å². The molecule has 2 aromatic rings. The van der Waals surface area contributed by atoms with Crippen molar-refractivity contribution in [2.24, 2.45) is 5.92 Å². The van der Waals surface area contributed by atoms with Crippen molar-refractivity contribution in [3.05, 3.63) is 17.8 Å². The number of aromatic nitrogens is 2. The lowest BCUT2D eigenvalue weighted by Crippen LogP contribution is -2.37. The smallest absolute Gasteiger partial charge is 0.225 e. The summed E-state index contributed by atoms with van der Waals surface area (Å²) in [6.07, 6.45) is 1.84. The van der Waals surface area contributed by atoms with Gasteiger partial charge >= 0.3 is 0 Å². The predicted octanol–water partition coefficient (Wildman–Crippen LogP) is 1.48. The zero-order valence-corrected chi connectivity index (χ0v) is 14.6. The Bertz CT molecular complexity index is 745. The second-order valence-corrected chi connectivity index (χ2v) is 7.01. The van der Waals surface area contributed by atoms with Crippen LogP contribution < -0.4 is 10.6 Å². The average molecular weight is 347 g/mol. The van der Waals surface area contributed by atoms with Gasteiger partial charge < -0.3 is 15.5 Å². The molecule has 1 saturated heterocycles. The molecule has 0 unspecified atom stereocenters. The Hall–Kier alpha value is -2.22. The molecule has 1 fully saturated rings. The molecule has 1 aliphatic rings. The van der Waals surface area contributed by atoms with Crippen molar-refractivity contribution in [2.45, 2.75) is 26.3 Å². The van der Waals surface area contributed by atoms with E-state index in [0.717, 1.165) is 16.0 Å². The van der Waals surface area contributed by atoms with Crippen molar-refractivity contribution in [1.29, 1.82) is 0 Å². The molecule has 0 aromatic carbocycles. The standard InChI is InChI=1S/C16H21N5O2S/c1-10(2)21-8-11(7-13(21)22)15(23)18-5-4-17-14-12-3-6-24-16(12)20-9-19-14/h3,6,9-11H,4-5,7-8H2,1-2H3,(H,18,23)(H,17,19,20)/t11-/m1/s1. The van der Waals surface area contributed by atoms with Gasteiger partial charge in [-0.15, -0.1) is 11.3 Å². The monoisotopic (exact) mass is 347 g/mol. The first-order chi connectivity index (χ1) is 11.6. The number of likely N-dealkylation sites (tertiary alicyclic amines) is 1. The number of hydrogen-bond donors (Lipinski definition) is 2.